The highest BCUT2D eigenvalue weighted by Crippen LogP contribution is 2.44. The maximum absolute atomic E-state index is 12.3. The van der Waals surface area contributed by atoms with Crippen LogP contribution in [0, 0.1) is 0 Å². The number of alkyl carbamates (subject to hydrolysis) is 1. The monoisotopic (exact) mass is 469 g/mol. The van der Waals surface area contributed by atoms with Gasteiger partial charge in [0, 0.05) is 24.2 Å². The fourth-order valence-corrected chi connectivity index (χ4v) is 4.56. The summed E-state index contributed by atoms with van der Waals surface area (Å²) in [5, 5.41) is 27.8. The first-order valence-electron chi connectivity index (χ1n) is 11.7. The Kier molecular flexibility index (Phi) is 6.61. The lowest BCUT2D eigenvalue weighted by Crippen LogP contribution is -2.30. The van der Waals surface area contributed by atoms with E-state index in [4.69, 9.17) is 4.74 Å². The second-order valence-corrected chi connectivity index (χ2v) is 8.61. The van der Waals surface area contributed by atoms with Crippen LogP contribution >= 0.6 is 0 Å². The molecule has 7 heteroatoms. The van der Waals surface area contributed by atoms with Gasteiger partial charge in [0.2, 0.25) is 0 Å². The molecule has 0 saturated carbocycles. The lowest BCUT2D eigenvalue weighted by atomic mass is 9.98. The predicted octanol–water partition coefficient (Wildman–Crippen LogP) is 4.20. The Balaban J connectivity index is 1.11. The van der Waals surface area contributed by atoms with Crippen LogP contribution in [0.3, 0.4) is 0 Å². The molecule has 0 spiro atoms. The molecule has 1 heterocycles. The van der Waals surface area contributed by atoms with Gasteiger partial charge in [-0.1, -0.05) is 66.7 Å². The number of para-hydroxylation sites is 1. The largest absolute Gasteiger partial charge is 0.449 e. The van der Waals surface area contributed by atoms with Crippen LogP contribution in [-0.2, 0) is 4.74 Å². The third kappa shape index (κ3) is 4.82. The van der Waals surface area contributed by atoms with Crippen LogP contribution in [0.25, 0.3) is 16.8 Å². The predicted molar refractivity (Wildman–Crippen MR) is 132 cm³/mol. The van der Waals surface area contributed by atoms with Crippen LogP contribution in [-0.4, -0.2) is 45.3 Å². The number of carbonyl (C=O) groups is 1. The van der Waals surface area contributed by atoms with Crippen LogP contribution in [0.4, 0.5) is 4.79 Å². The number of amides is 1. The molecule has 0 radical (unpaired) electrons. The summed E-state index contributed by atoms with van der Waals surface area (Å²) in [5.74, 6) is -0.0123. The second-order valence-electron chi connectivity index (χ2n) is 8.61. The highest BCUT2D eigenvalue weighted by Gasteiger charge is 2.29. The average molecular weight is 470 g/mol. The molecule has 0 bridgehead atoms. The van der Waals surface area contributed by atoms with E-state index in [-0.39, 0.29) is 25.5 Å². The highest BCUT2D eigenvalue weighted by molar-refractivity contribution is 5.79. The minimum Gasteiger partial charge on any atom is -0.449 e. The third-order valence-corrected chi connectivity index (χ3v) is 6.38. The van der Waals surface area contributed by atoms with Gasteiger partial charge in [0.15, 0.2) is 0 Å². The Bertz CT molecular complexity index is 1260. The standard InChI is InChI=1S/C28H27N3O4/c32-26(27(33)19-16-30-31(17-19)20-8-2-1-3-9-20)14-15-29-28(34)35-18-25-23-12-6-4-10-21(23)22-11-5-7-13-24(22)25/h1-13,16-17,25-27,32-33H,14-15,18H2,(H,29,34). The summed E-state index contributed by atoms with van der Waals surface area (Å²) >= 11 is 0. The molecule has 0 aliphatic heterocycles. The molecule has 4 aromatic rings. The van der Waals surface area contributed by atoms with E-state index in [1.54, 1.807) is 10.9 Å². The molecule has 7 nitrogen and oxygen atoms in total. The van der Waals surface area contributed by atoms with Gasteiger partial charge in [-0.15, -0.1) is 0 Å². The number of aliphatic hydroxyl groups is 2. The van der Waals surface area contributed by atoms with Crippen molar-refractivity contribution in [3.63, 3.8) is 0 Å². The molecule has 35 heavy (non-hydrogen) atoms. The number of hydrogen-bond acceptors (Lipinski definition) is 5. The summed E-state index contributed by atoms with van der Waals surface area (Å²) in [6.45, 7) is 0.394. The number of carbonyl (C=O) groups excluding carboxylic acids is 1. The van der Waals surface area contributed by atoms with Gasteiger partial charge in [0.25, 0.3) is 0 Å². The van der Waals surface area contributed by atoms with Crippen LogP contribution in [0.1, 0.15) is 35.1 Å². The molecule has 3 N–H and O–H groups in total. The third-order valence-electron chi connectivity index (χ3n) is 6.38. The molecule has 2 atom stereocenters. The Hall–Kier alpha value is -3.94. The summed E-state index contributed by atoms with van der Waals surface area (Å²) in [7, 11) is 0. The van der Waals surface area contributed by atoms with Crippen molar-refractivity contribution in [3.8, 4) is 16.8 Å². The Labute approximate surface area is 203 Å². The summed E-state index contributed by atoms with van der Waals surface area (Å²) < 4.78 is 7.15. The number of rotatable bonds is 8. The molecule has 3 aromatic carbocycles. The Morgan fingerprint density at radius 2 is 1.57 bits per heavy atom. The first-order chi connectivity index (χ1) is 17.1. The molecular weight excluding hydrogens is 442 g/mol. The van der Waals surface area contributed by atoms with Crippen LogP contribution in [0.2, 0.25) is 0 Å². The minimum atomic E-state index is -1.11. The number of nitrogens with one attached hydrogen (secondary N) is 1. The SMILES string of the molecule is O=C(NCCC(O)C(O)c1cnn(-c2ccccc2)c1)OCC1c2ccccc2-c2ccccc21. The normalized spacial score (nSPS) is 14.1. The van der Waals surface area contributed by atoms with Gasteiger partial charge in [-0.05, 0) is 40.8 Å². The van der Waals surface area contributed by atoms with Gasteiger partial charge >= 0.3 is 6.09 Å². The van der Waals surface area contributed by atoms with Crippen molar-refractivity contribution in [1.82, 2.24) is 15.1 Å². The van der Waals surface area contributed by atoms with E-state index in [0.29, 0.717) is 5.56 Å². The molecule has 1 amide bonds. The summed E-state index contributed by atoms with van der Waals surface area (Å²) in [6, 6.07) is 25.8. The van der Waals surface area contributed by atoms with Crippen LogP contribution in [0.15, 0.2) is 91.3 Å². The minimum absolute atomic E-state index is 0.0123. The van der Waals surface area contributed by atoms with E-state index in [1.165, 1.54) is 17.3 Å². The van der Waals surface area contributed by atoms with Crippen molar-refractivity contribution in [2.24, 2.45) is 0 Å². The lowest BCUT2D eigenvalue weighted by Gasteiger charge is -2.17. The molecule has 1 aromatic heterocycles. The molecule has 178 valence electrons. The average Bonchev–Trinajstić information content (AvgIpc) is 3.51. The summed E-state index contributed by atoms with van der Waals surface area (Å²) in [4.78, 5) is 12.3. The van der Waals surface area contributed by atoms with E-state index in [1.807, 2.05) is 54.6 Å². The van der Waals surface area contributed by atoms with Gasteiger partial charge in [0.05, 0.1) is 18.0 Å². The molecule has 1 aliphatic rings. The van der Waals surface area contributed by atoms with Crippen LogP contribution < -0.4 is 5.32 Å². The van der Waals surface area contributed by atoms with Crippen molar-refractivity contribution in [2.45, 2.75) is 24.5 Å². The fourth-order valence-electron chi connectivity index (χ4n) is 4.56. The lowest BCUT2D eigenvalue weighted by molar-refractivity contribution is 0.0136. The molecular formula is C28H27N3O4. The van der Waals surface area contributed by atoms with E-state index in [0.717, 1.165) is 16.8 Å². The molecule has 0 saturated heterocycles. The smallest absolute Gasteiger partial charge is 0.407 e. The fraction of sp³-hybridized carbons (Fsp3) is 0.214. The van der Waals surface area contributed by atoms with Crippen molar-refractivity contribution in [2.75, 3.05) is 13.2 Å². The van der Waals surface area contributed by atoms with E-state index in [9.17, 15) is 15.0 Å². The number of hydrogen-bond donors (Lipinski definition) is 3. The molecule has 0 fully saturated rings. The maximum Gasteiger partial charge on any atom is 0.407 e. The number of aliphatic hydroxyl groups excluding tert-OH is 2. The number of benzene rings is 3. The Morgan fingerprint density at radius 1 is 0.943 bits per heavy atom. The number of aromatic nitrogens is 2. The zero-order chi connectivity index (χ0) is 24.2. The van der Waals surface area contributed by atoms with Crippen molar-refractivity contribution in [3.05, 3.63) is 108 Å². The van der Waals surface area contributed by atoms with Crippen LogP contribution in [0.5, 0.6) is 0 Å². The van der Waals surface area contributed by atoms with Gasteiger partial charge in [0.1, 0.15) is 12.7 Å². The van der Waals surface area contributed by atoms with Crippen molar-refractivity contribution >= 4 is 6.09 Å². The number of ether oxygens (including phenoxy) is 1. The van der Waals surface area contributed by atoms with Gasteiger partial charge < -0.3 is 20.3 Å². The molecule has 2 unspecified atom stereocenters. The first-order valence-corrected chi connectivity index (χ1v) is 11.7. The second kappa shape index (κ2) is 10.1. The topological polar surface area (TPSA) is 96.6 Å². The highest BCUT2D eigenvalue weighted by atomic mass is 16.5. The van der Waals surface area contributed by atoms with E-state index in [2.05, 4.69) is 34.7 Å². The van der Waals surface area contributed by atoms with E-state index < -0.39 is 18.3 Å². The number of fused-ring (bicyclic) bond motifs is 3. The number of nitrogens with zero attached hydrogens (tertiary/aromatic N) is 2. The Morgan fingerprint density at radius 3 is 2.26 bits per heavy atom. The van der Waals surface area contributed by atoms with Gasteiger partial charge in [-0.25, -0.2) is 9.48 Å². The summed E-state index contributed by atoms with van der Waals surface area (Å²) in [5.41, 5.74) is 6.00. The summed E-state index contributed by atoms with van der Waals surface area (Å²) in [6.07, 6.45) is 0.656. The van der Waals surface area contributed by atoms with Gasteiger partial charge in [-0.2, -0.15) is 5.10 Å². The zero-order valence-electron chi connectivity index (χ0n) is 19.1. The quantitative estimate of drug-likeness (QED) is 0.360. The van der Waals surface area contributed by atoms with Crippen molar-refractivity contribution < 1.29 is 19.7 Å². The molecule has 5 rings (SSSR count). The van der Waals surface area contributed by atoms with Gasteiger partial charge in [-0.3, -0.25) is 0 Å². The molecule has 1 aliphatic carbocycles. The maximum atomic E-state index is 12.3. The first kappa shape index (κ1) is 22.8. The zero-order valence-corrected chi connectivity index (χ0v) is 19.1. The van der Waals surface area contributed by atoms with E-state index >= 15 is 0 Å². The van der Waals surface area contributed by atoms with Crippen molar-refractivity contribution in [1.29, 1.82) is 0 Å².